The van der Waals surface area contributed by atoms with Gasteiger partial charge in [-0.25, -0.2) is 14.8 Å². The summed E-state index contributed by atoms with van der Waals surface area (Å²) in [6, 6.07) is 3.85. The minimum atomic E-state index is -1.37. The van der Waals surface area contributed by atoms with Crippen molar-refractivity contribution in [3.8, 4) is 0 Å². The van der Waals surface area contributed by atoms with E-state index in [1.807, 2.05) is 13.0 Å². The van der Waals surface area contributed by atoms with E-state index in [-0.39, 0.29) is 31.0 Å². The number of hydrogen-bond acceptors (Lipinski definition) is 6. The first-order valence-electron chi connectivity index (χ1n) is 12.7. The van der Waals surface area contributed by atoms with Gasteiger partial charge in [-0.2, -0.15) is 0 Å². The van der Waals surface area contributed by atoms with Crippen LogP contribution in [0.3, 0.4) is 0 Å². The molecule has 3 rings (SSSR count). The van der Waals surface area contributed by atoms with Crippen LogP contribution < -0.4 is 16.2 Å². The number of pyridine rings is 1. The molecule has 0 spiro atoms. The molecule has 3 aromatic heterocycles. The number of anilines is 1. The summed E-state index contributed by atoms with van der Waals surface area (Å²) in [5.74, 6) is 0.192. The highest BCUT2D eigenvalue weighted by Gasteiger charge is 2.21. The summed E-state index contributed by atoms with van der Waals surface area (Å²) in [5, 5.41) is 13.9. The van der Waals surface area contributed by atoms with Crippen LogP contribution in [-0.2, 0) is 22.6 Å². The minimum absolute atomic E-state index is 0.0188. The Morgan fingerprint density at radius 2 is 1.97 bits per heavy atom. The van der Waals surface area contributed by atoms with Gasteiger partial charge in [0.25, 0.3) is 5.56 Å². The van der Waals surface area contributed by atoms with Crippen molar-refractivity contribution in [3.05, 3.63) is 64.1 Å². The largest absolute Gasteiger partial charge is 0.465 e. The van der Waals surface area contributed by atoms with Gasteiger partial charge in [0.1, 0.15) is 17.6 Å². The van der Waals surface area contributed by atoms with E-state index in [1.165, 1.54) is 21.6 Å². The van der Waals surface area contributed by atoms with Gasteiger partial charge in [-0.05, 0) is 56.4 Å². The van der Waals surface area contributed by atoms with E-state index in [0.29, 0.717) is 11.7 Å². The van der Waals surface area contributed by atoms with Crippen molar-refractivity contribution in [3.63, 3.8) is 0 Å². The highest BCUT2D eigenvalue weighted by Crippen LogP contribution is 2.20. The molecule has 0 aliphatic carbocycles. The third-order valence-corrected chi connectivity index (χ3v) is 5.88. The molecule has 1 atom stereocenters. The maximum Gasteiger partial charge on any atom is 0.405 e. The van der Waals surface area contributed by atoms with Crippen molar-refractivity contribution in [2.45, 2.75) is 52.6 Å². The molecule has 3 amide bonds. The number of hydrogen-bond donors (Lipinski definition) is 4. The van der Waals surface area contributed by atoms with E-state index in [9.17, 15) is 24.3 Å². The molecule has 12 nitrogen and oxygen atoms in total. The number of fused-ring (bicyclic) bond motifs is 1. The summed E-state index contributed by atoms with van der Waals surface area (Å²) in [5.41, 5.74) is 2.86. The van der Waals surface area contributed by atoms with E-state index in [2.05, 4.69) is 39.4 Å². The van der Waals surface area contributed by atoms with Gasteiger partial charge < -0.3 is 30.2 Å². The lowest BCUT2D eigenvalue weighted by atomic mass is 10.1. The highest BCUT2D eigenvalue weighted by molar-refractivity contribution is 5.96. The van der Waals surface area contributed by atoms with Crippen LogP contribution in [-0.4, -0.2) is 67.6 Å². The Balaban J connectivity index is 1.77. The number of carboxylic acid groups (broad SMARTS) is 1. The van der Waals surface area contributed by atoms with Gasteiger partial charge in [0.05, 0.1) is 23.3 Å². The number of H-pyrrole nitrogens is 1. The molecule has 39 heavy (non-hydrogen) atoms. The summed E-state index contributed by atoms with van der Waals surface area (Å²) in [4.78, 5) is 62.8. The van der Waals surface area contributed by atoms with E-state index >= 15 is 0 Å². The van der Waals surface area contributed by atoms with Crippen LogP contribution in [0.25, 0.3) is 11.0 Å². The SMILES string of the molecule is Cc1nc(CC(C)C)c2[nH]c(Cn3cccc(NC(=O)C(CC/C=C/C(=O)N(C)C)NC(=O)O)c3=O)cc2n1. The minimum Gasteiger partial charge on any atom is -0.465 e. The Labute approximate surface area is 226 Å². The zero-order valence-corrected chi connectivity index (χ0v) is 22.8. The van der Waals surface area contributed by atoms with E-state index < -0.39 is 23.6 Å². The zero-order chi connectivity index (χ0) is 28.7. The Morgan fingerprint density at radius 1 is 1.23 bits per heavy atom. The maximum absolute atomic E-state index is 13.2. The molecular formula is C27H35N7O5. The molecule has 3 aromatic rings. The predicted molar refractivity (Wildman–Crippen MR) is 148 cm³/mol. The number of carbonyl (C=O) groups is 3. The van der Waals surface area contributed by atoms with Gasteiger partial charge in [0.2, 0.25) is 11.8 Å². The molecular weight excluding hydrogens is 502 g/mol. The lowest BCUT2D eigenvalue weighted by Gasteiger charge is -2.16. The topological polar surface area (TPSA) is 162 Å². The second-order valence-electron chi connectivity index (χ2n) is 9.93. The van der Waals surface area contributed by atoms with Crippen LogP contribution in [0.4, 0.5) is 10.5 Å². The quantitative estimate of drug-likeness (QED) is 0.273. The molecule has 1 unspecified atom stereocenters. The van der Waals surface area contributed by atoms with Gasteiger partial charge in [0.15, 0.2) is 0 Å². The molecule has 4 N–H and O–H groups in total. The fourth-order valence-corrected chi connectivity index (χ4v) is 4.05. The second-order valence-corrected chi connectivity index (χ2v) is 9.93. The molecule has 12 heteroatoms. The first-order valence-corrected chi connectivity index (χ1v) is 12.7. The number of nitrogens with zero attached hydrogens (tertiary/aromatic N) is 4. The lowest BCUT2D eigenvalue weighted by Crippen LogP contribution is -2.44. The van der Waals surface area contributed by atoms with Crippen LogP contribution in [0.1, 0.15) is 43.9 Å². The predicted octanol–water partition coefficient (Wildman–Crippen LogP) is 2.67. The van der Waals surface area contributed by atoms with Gasteiger partial charge in [-0.15, -0.1) is 0 Å². The number of aromatic nitrogens is 4. The fraction of sp³-hybridized carbons (Fsp3) is 0.407. The third-order valence-electron chi connectivity index (χ3n) is 5.88. The lowest BCUT2D eigenvalue weighted by molar-refractivity contribution is -0.123. The van der Waals surface area contributed by atoms with Gasteiger partial charge in [-0.1, -0.05) is 19.9 Å². The number of carbonyl (C=O) groups excluding carboxylic acids is 2. The normalized spacial score (nSPS) is 12.2. The van der Waals surface area contributed by atoms with Crippen LogP contribution in [0.15, 0.2) is 41.3 Å². The number of likely N-dealkylation sites (N-methyl/N-ethyl adjacent to an activating group) is 1. The highest BCUT2D eigenvalue weighted by atomic mass is 16.4. The summed E-state index contributed by atoms with van der Waals surface area (Å²) in [6.07, 6.45) is 4.32. The Kier molecular flexibility index (Phi) is 9.58. The van der Waals surface area contributed by atoms with E-state index in [1.54, 1.807) is 32.4 Å². The molecule has 0 saturated carbocycles. The number of aromatic amines is 1. The summed E-state index contributed by atoms with van der Waals surface area (Å²) >= 11 is 0. The third kappa shape index (κ3) is 8.00. The van der Waals surface area contributed by atoms with Crippen molar-refractivity contribution in [1.82, 2.24) is 29.7 Å². The molecule has 0 aromatic carbocycles. The van der Waals surface area contributed by atoms with Gasteiger partial charge in [-0.3, -0.25) is 14.4 Å². The van der Waals surface area contributed by atoms with Crippen molar-refractivity contribution in [2.75, 3.05) is 19.4 Å². The monoisotopic (exact) mass is 537 g/mol. The van der Waals surface area contributed by atoms with Crippen LogP contribution in [0, 0.1) is 12.8 Å². The Bertz CT molecular complexity index is 1440. The van der Waals surface area contributed by atoms with Crippen molar-refractivity contribution >= 4 is 34.6 Å². The average molecular weight is 538 g/mol. The molecule has 0 aliphatic heterocycles. The number of aryl methyl sites for hydroxylation is 1. The zero-order valence-electron chi connectivity index (χ0n) is 22.8. The molecule has 208 valence electrons. The molecule has 0 bridgehead atoms. The standard InChI is InChI=1S/C27H35N7O5/c1-16(2)13-21-24-22(29-17(3)28-21)14-18(30-24)15-34-12-8-10-20(26(34)37)31-25(36)19(32-27(38)39)9-6-7-11-23(35)33(4)5/h7-8,10-12,14,16,19,30,32H,6,9,13,15H2,1-5H3,(H,31,36)(H,38,39)/b11-7+. The maximum atomic E-state index is 13.2. The number of allylic oxidation sites excluding steroid dienone is 1. The van der Waals surface area contributed by atoms with Crippen LogP contribution >= 0.6 is 0 Å². The van der Waals surface area contributed by atoms with E-state index in [4.69, 9.17) is 0 Å². The number of nitrogens with one attached hydrogen (secondary N) is 3. The van der Waals surface area contributed by atoms with Crippen molar-refractivity contribution in [1.29, 1.82) is 0 Å². The Hall–Kier alpha value is -4.48. The number of amides is 3. The molecule has 0 saturated heterocycles. The van der Waals surface area contributed by atoms with Gasteiger partial charge >= 0.3 is 6.09 Å². The smallest absolute Gasteiger partial charge is 0.405 e. The Morgan fingerprint density at radius 3 is 2.64 bits per heavy atom. The summed E-state index contributed by atoms with van der Waals surface area (Å²) in [6.45, 7) is 6.29. The average Bonchev–Trinajstić information content (AvgIpc) is 3.25. The first-order chi connectivity index (χ1) is 18.4. The van der Waals surface area contributed by atoms with Crippen LogP contribution in [0.2, 0.25) is 0 Å². The molecule has 0 aliphatic rings. The second kappa shape index (κ2) is 12.9. The van der Waals surface area contributed by atoms with E-state index in [0.717, 1.165) is 28.8 Å². The molecule has 0 radical (unpaired) electrons. The van der Waals surface area contributed by atoms with Gasteiger partial charge in [0, 0.05) is 26.0 Å². The number of rotatable bonds is 11. The molecule has 0 fully saturated rings. The van der Waals surface area contributed by atoms with Crippen molar-refractivity contribution < 1.29 is 19.5 Å². The summed E-state index contributed by atoms with van der Waals surface area (Å²) < 4.78 is 1.44. The molecule has 3 heterocycles. The summed E-state index contributed by atoms with van der Waals surface area (Å²) in [7, 11) is 3.22. The fourth-order valence-electron chi connectivity index (χ4n) is 4.05. The first kappa shape index (κ1) is 29.1. The van der Waals surface area contributed by atoms with Crippen LogP contribution in [0.5, 0.6) is 0 Å². The van der Waals surface area contributed by atoms with Crippen molar-refractivity contribution in [2.24, 2.45) is 5.92 Å².